The van der Waals surface area contributed by atoms with Gasteiger partial charge in [0.2, 0.25) is 0 Å². The maximum Gasteiger partial charge on any atom is 0.432 e. The zero-order chi connectivity index (χ0) is 29.2. The molecule has 0 N–H and O–H groups in total. The number of hydrogen-bond acceptors (Lipinski definition) is 2. The van der Waals surface area contributed by atoms with Crippen molar-refractivity contribution in [1.29, 1.82) is 0 Å². The van der Waals surface area contributed by atoms with Crippen LogP contribution in [0.4, 0.5) is 39.5 Å². The van der Waals surface area contributed by atoms with Crippen LogP contribution in [-0.4, -0.2) is 0 Å². The average Bonchev–Trinajstić information content (AvgIpc) is 2.86. The molecule has 0 saturated heterocycles. The van der Waals surface area contributed by atoms with Crippen LogP contribution in [0.25, 0.3) is 11.1 Å². The van der Waals surface area contributed by atoms with Gasteiger partial charge in [0.25, 0.3) is 0 Å². The van der Waals surface area contributed by atoms with Crippen molar-refractivity contribution < 1.29 is 49.0 Å². The van der Waals surface area contributed by atoms with E-state index in [4.69, 9.17) is 4.74 Å². The molecule has 1 unspecified atom stereocenters. The van der Waals surface area contributed by atoms with Gasteiger partial charge in [-0.05, 0) is 66.6 Å². The van der Waals surface area contributed by atoms with Crippen molar-refractivity contribution in [2.24, 2.45) is 0 Å². The summed E-state index contributed by atoms with van der Waals surface area (Å²) in [6.45, 7) is 2.07. The Morgan fingerprint density at radius 3 is 1.93 bits per heavy atom. The van der Waals surface area contributed by atoms with Crippen molar-refractivity contribution in [3.8, 4) is 16.9 Å². The van der Waals surface area contributed by atoms with E-state index < -0.39 is 75.4 Å². The Hall–Kier alpha value is -3.63. The number of rotatable bonds is 9. The molecule has 0 saturated carbocycles. The predicted octanol–water partition coefficient (Wildman–Crippen LogP) is 9.77. The molecular weight excluding hydrogens is 551 g/mol. The van der Waals surface area contributed by atoms with Crippen molar-refractivity contribution >= 4 is 0 Å². The minimum absolute atomic E-state index is 0.0152. The molecule has 3 aromatic carbocycles. The summed E-state index contributed by atoms with van der Waals surface area (Å²) in [4.78, 5) is 0. The number of ether oxygens (including phenoxy) is 2. The van der Waals surface area contributed by atoms with Gasteiger partial charge >= 0.3 is 6.11 Å². The second kappa shape index (κ2) is 11.9. The lowest BCUT2D eigenvalue weighted by Crippen LogP contribution is -2.26. The third-order valence-electron chi connectivity index (χ3n) is 6.49. The fraction of sp³-hybridized carbons (Fsp3) is 0.310. The minimum Gasteiger partial charge on any atom is -0.493 e. The summed E-state index contributed by atoms with van der Waals surface area (Å²) >= 11 is 0. The molecule has 0 aliphatic carbocycles. The molecule has 0 amide bonds. The van der Waals surface area contributed by atoms with Crippen molar-refractivity contribution in [2.75, 3.05) is 0 Å². The van der Waals surface area contributed by atoms with Gasteiger partial charge in [-0.15, -0.1) is 0 Å². The maximum absolute atomic E-state index is 14.8. The maximum atomic E-state index is 14.8. The van der Waals surface area contributed by atoms with Crippen LogP contribution in [0.2, 0.25) is 0 Å². The Balaban J connectivity index is 1.55. The number of benzene rings is 3. The van der Waals surface area contributed by atoms with Crippen LogP contribution in [0.15, 0.2) is 48.2 Å². The molecule has 40 heavy (non-hydrogen) atoms. The van der Waals surface area contributed by atoms with E-state index in [2.05, 4.69) is 11.7 Å². The van der Waals surface area contributed by atoms with Crippen molar-refractivity contribution in [3.63, 3.8) is 0 Å². The number of unbranched alkanes of at least 4 members (excludes halogenated alkanes) is 2. The molecule has 0 spiro atoms. The summed E-state index contributed by atoms with van der Waals surface area (Å²) in [6.07, 6.45) is 0.928. The van der Waals surface area contributed by atoms with E-state index in [1.165, 1.54) is 6.26 Å². The normalized spacial score (nSPS) is 15.6. The van der Waals surface area contributed by atoms with Gasteiger partial charge in [-0.3, -0.25) is 0 Å². The molecule has 0 radical (unpaired) electrons. The smallest absolute Gasteiger partial charge is 0.432 e. The highest BCUT2D eigenvalue weighted by Gasteiger charge is 2.42. The van der Waals surface area contributed by atoms with E-state index in [1.807, 2.05) is 0 Å². The second-order valence-corrected chi connectivity index (χ2v) is 9.39. The van der Waals surface area contributed by atoms with E-state index in [9.17, 15) is 39.5 Å². The topological polar surface area (TPSA) is 18.5 Å². The molecule has 3 aromatic rings. The Labute approximate surface area is 224 Å². The zero-order valence-electron chi connectivity index (χ0n) is 21.1. The molecule has 1 aliphatic heterocycles. The summed E-state index contributed by atoms with van der Waals surface area (Å²) in [7, 11) is 0. The van der Waals surface area contributed by atoms with Crippen molar-refractivity contribution in [2.45, 2.75) is 57.7 Å². The van der Waals surface area contributed by atoms with Crippen LogP contribution in [0.1, 0.15) is 62.7 Å². The molecule has 1 heterocycles. The standard InChI is InChI=1S/C29H23F9O2/c1-2-3-4-5-15-6-7-25(39-14-15)16-8-21(32)27(22(33)9-16)29(37,38)40-18-12-19(30)26(20(31)13-18)17-10-23(34)28(36)24(35)11-17/h8-14,25H,2-7H2,1H3. The van der Waals surface area contributed by atoms with Gasteiger partial charge in [0.15, 0.2) is 17.5 Å². The van der Waals surface area contributed by atoms with Crippen molar-refractivity contribution in [3.05, 3.63) is 100 Å². The van der Waals surface area contributed by atoms with Crippen LogP contribution in [0, 0.1) is 40.7 Å². The van der Waals surface area contributed by atoms with Gasteiger partial charge < -0.3 is 9.47 Å². The molecule has 4 rings (SSSR count). The average molecular weight is 574 g/mol. The van der Waals surface area contributed by atoms with Crippen molar-refractivity contribution in [1.82, 2.24) is 0 Å². The van der Waals surface area contributed by atoms with Gasteiger partial charge in [0, 0.05) is 12.1 Å². The van der Waals surface area contributed by atoms with Gasteiger partial charge in [0.05, 0.1) is 11.8 Å². The highest BCUT2D eigenvalue weighted by atomic mass is 19.3. The summed E-state index contributed by atoms with van der Waals surface area (Å²) < 4.78 is 138. The summed E-state index contributed by atoms with van der Waals surface area (Å²) in [5.41, 5.74) is -2.59. The first-order valence-electron chi connectivity index (χ1n) is 12.4. The van der Waals surface area contributed by atoms with Crippen LogP contribution in [-0.2, 0) is 10.8 Å². The third-order valence-corrected chi connectivity index (χ3v) is 6.49. The quantitative estimate of drug-likeness (QED) is 0.144. The fourth-order valence-electron chi connectivity index (χ4n) is 4.49. The van der Waals surface area contributed by atoms with E-state index in [0.717, 1.165) is 31.3 Å². The largest absolute Gasteiger partial charge is 0.493 e. The van der Waals surface area contributed by atoms with Gasteiger partial charge in [-0.2, -0.15) is 8.78 Å². The molecule has 2 nitrogen and oxygen atoms in total. The second-order valence-electron chi connectivity index (χ2n) is 9.39. The van der Waals surface area contributed by atoms with Crippen LogP contribution < -0.4 is 4.74 Å². The van der Waals surface area contributed by atoms with Gasteiger partial charge in [-0.25, -0.2) is 30.7 Å². The number of allylic oxidation sites excluding steroid dienone is 1. The highest BCUT2D eigenvalue weighted by molar-refractivity contribution is 5.66. The lowest BCUT2D eigenvalue weighted by molar-refractivity contribution is -0.189. The Kier molecular flexibility index (Phi) is 8.70. The van der Waals surface area contributed by atoms with Crippen LogP contribution in [0.5, 0.6) is 5.75 Å². The molecular formula is C29H23F9O2. The third kappa shape index (κ3) is 6.23. The fourth-order valence-corrected chi connectivity index (χ4v) is 4.49. The number of halogens is 9. The summed E-state index contributed by atoms with van der Waals surface area (Å²) in [5, 5.41) is 0. The molecule has 0 fully saturated rings. The van der Waals surface area contributed by atoms with E-state index in [1.54, 1.807) is 0 Å². The zero-order valence-corrected chi connectivity index (χ0v) is 21.1. The highest BCUT2D eigenvalue weighted by Crippen LogP contribution is 2.40. The Bertz CT molecular complexity index is 1370. The molecule has 11 heteroatoms. The van der Waals surface area contributed by atoms with Crippen LogP contribution in [0.3, 0.4) is 0 Å². The number of alkyl halides is 2. The van der Waals surface area contributed by atoms with E-state index >= 15 is 0 Å². The molecule has 1 aliphatic rings. The predicted molar refractivity (Wildman–Crippen MR) is 128 cm³/mol. The molecule has 0 aromatic heterocycles. The van der Waals surface area contributed by atoms with E-state index in [-0.39, 0.29) is 17.7 Å². The van der Waals surface area contributed by atoms with Gasteiger partial charge in [0.1, 0.15) is 40.7 Å². The first-order valence-corrected chi connectivity index (χ1v) is 12.4. The summed E-state index contributed by atoms with van der Waals surface area (Å²) in [6, 6.07) is 2.43. The van der Waals surface area contributed by atoms with Crippen LogP contribution >= 0.6 is 0 Å². The molecule has 0 bridgehead atoms. The molecule has 1 atom stereocenters. The SMILES string of the molecule is CCCCCC1=COC(c2cc(F)c(C(F)(F)Oc3cc(F)c(-c4cc(F)c(F)c(F)c4)c(F)c3)c(F)c2)CC1. The summed E-state index contributed by atoms with van der Waals surface area (Å²) in [5.74, 6) is -13.1. The Morgan fingerprint density at radius 2 is 1.40 bits per heavy atom. The number of hydrogen-bond donors (Lipinski definition) is 0. The first-order chi connectivity index (χ1) is 18.9. The van der Waals surface area contributed by atoms with Gasteiger partial charge in [-0.1, -0.05) is 19.8 Å². The lowest BCUT2D eigenvalue weighted by atomic mass is 9.95. The van der Waals surface area contributed by atoms with E-state index in [0.29, 0.717) is 37.1 Å². The lowest BCUT2D eigenvalue weighted by Gasteiger charge is -2.25. The minimum atomic E-state index is -4.72. The first kappa shape index (κ1) is 29.4. The monoisotopic (exact) mass is 574 g/mol. The Morgan fingerprint density at radius 1 is 0.800 bits per heavy atom. The molecule has 214 valence electrons.